The second-order valence-electron chi connectivity index (χ2n) is 7.05. The van der Waals surface area contributed by atoms with Gasteiger partial charge in [-0.15, -0.1) is 0 Å². The number of nitro groups is 1. The normalized spacial score (nSPS) is 11.0. The summed E-state index contributed by atoms with van der Waals surface area (Å²) in [6, 6.07) is 14.9. The van der Waals surface area contributed by atoms with E-state index < -0.39 is 20.9 Å². The molecule has 0 atom stereocenters. The van der Waals surface area contributed by atoms with Gasteiger partial charge in [0.1, 0.15) is 5.75 Å². The van der Waals surface area contributed by atoms with Crippen molar-refractivity contribution in [2.24, 2.45) is 0 Å². The van der Waals surface area contributed by atoms with Crippen molar-refractivity contribution in [3.05, 3.63) is 87.5 Å². The minimum absolute atomic E-state index is 0.0577. The molecule has 0 aromatic heterocycles. The minimum atomic E-state index is -3.96. The summed E-state index contributed by atoms with van der Waals surface area (Å²) in [6.07, 6.45) is 0. The van der Waals surface area contributed by atoms with E-state index in [2.05, 4.69) is 10.0 Å². The lowest BCUT2D eigenvalue weighted by Gasteiger charge is -2.13. The maximum Gasteiger partial charge on any atom is 0.271 e. The van der Waals surface area contributed by atoms with E-state index in [1.54, 1.807) is 25.1 Å². The van der Waals surface area contributed by atoms with Gasteiger partial charge in [-0.1, -0.05) is 18.2 Å². The SMILES string of the molecule is COc1ccc([N+](=O)[O-])cc1NC(=O)c1ccc(C)c(S(=O)(=O)Nc2cccc(C)c2)c1. The second kappa shape index (κ2) is 9.06. The number of anilines is 2. The third kappa shape index (κ3) is 5.03. The highest BCUT2D eigenvalue weighted by Crippen LogP contribution is 2.30. The van der Waals surface area contributed by atoms with Crippen molar-refractivity contribution in [3.63, 3.8) is 0 Å². The number of carbonyl (C=O) groups excluding carboxylic acids is 1. The van der Waals surface area contributed by atoms with Gasteiger partial charge in [0.2, 0.25) is 0 Å². The van der Waals surface area contributed by atoms with Crippen molar-refractivity contribution >= 4 is 33.0 Å². The molecule has 0 aliphatic carbocycles. The van der Waals surface area contributed by atoms with Gasteiger partial charge in [-0.25, -0.2) is 8.42 Å². The van der Waals surface area contributed by atoms with Crippen LogP contribution in [0.25, 0.3) is 0 Å². The van der Waals surface area contributed by atoms with Crippen LogP contribution in [0.5, 0.6) is 5.75 Å². The second-order valence-corrected chi connectivity index (χ2v) is 8.70. The number of amides is 1. The van der Waals surface area contributed by atoms with Crippen LogP contribution in [0.2, 0.25) is 0 Å². The number of methoxy groups -OCH3 is 1. The number of ether oxygens (including phenoxy) is 1. The van der Waals surface area contributed by atoms with Gasteiger partial charge in [-0.3, -0.25) is 19.6 Å². The van der Waals surface area contributed by atoms with Crippen LogP contribution in [-0.2, 0) is 10.0 Å². The molecule has 0 saturated carbocycles. The van der Waals surface area contributed by atoms with Gasteiger partial charge in [0, 0.05) is 23.4 Å². The van der Waals surface area contributed by atoms with Gasteiger partial charge >= 0.3 is 0 Å². The number of hydrogen-bond acceptors (Lipinski definition) is 6. The van der Waals surface area contributed by atoms with E-state index in [0.717, 1.165) is 5.56 Å². The highest BCUT2D eigenvalue weighted by atomic mass is 32.2. The number of sulfonamides is 1. The molecule has 0 saturated heterocycles. The first-order valence-corrected chi connectivity index (χ1v) is 10.9. The van der Waals surface area contributed by atoms with Crippen LogP contribution in [0.3, 0.4) is 0 Å². The van der Waals surface area contributed by atoms with E-state index >= 15 is 0 Å². The maximum absolute atomic E-state index is 12.9. The van der Waals surface area contributed by atoms with Gasteiger partial charge in [0.15, 0.2) is 0 Å². The van der Waals surface area contributed by atoms with E-state index in [1.807, 2.05) is 13.0 Å². The Morgan fingerprint density at radius 1 is 1.03 bits per heavy atom. The Morgan fingerprint density at radius 3 is 2.44 bits per heavy atom. The summed E-state index contributed by atoms with van der Waals surface area (Å²) in [4.78, 5) is 23.2. The standard InChI is InChI=1S/C22H21N3O6S/c1-14-5-4-6-17(11-14)24-32(29,30)21-12-16(8-7-15(21)2)22(26)23-19-13-18(25(27)28)9-10-20(19)31-3/h4-13,24H,1-3H3,(H,23,26). The van der Waals surface area contributed by atoms with E-state index in [0.29, 0.717) is 11.3 Å². The number of benzene rings is 3. The molecule has 0 spiro atoms. The molecule has 32 heavy (non-hydrogen) atoms. The molecule has 0 bridgehead atoms. The first kappa shape index (κ1) is 22.8. The topological polar surface area (TPSA) is 128 Å². The Kier molecular flexibility index (Phi) is 6.45. The Labute approximate surface area is 185 Å². The Balaban J connectivity index is 1.92. The summed E-state index contributed by atoms with van der Waals surface area (Å²) in [5, 5.41) is 13.6. The Hall–Kier alpha value is -3.92. The average Bonchev–Trinajstić information content (AvgIpc) is 2.73. The lowest BCUT2D eigenvalue weighted by Crippen LogP contribution is -2.17. The van der Waals surface area contributed by atoms with Gasteiger partial charge in [0.25, 0.3) is 21.6 Å². The fraction of sp³-hybridized carbons (Fsp3) is 0.136. The van der Waals surface area contributed by atoms with Crippen molar-refractivity contribution in [3.8, 4) is 5.75 Å². The molecule has 166 valence electrons. The van der Waals surface area contributed by atoms with Crippen LogP contribution < -0.4 is 14.8 Å². The van der Waals surface area contributed by atoms with Gasteiger partial charge < -0.3 is 10.1 Å². The molecule has 3 aromatic carbocycles. The number of non-ortho nitro benzene ring substituents is 1. The zero-order valence-corrected chi connectivity index (χ0v) is 18.4. The molecule has 0 aliphatic heterocycles. The summed E-state index contributed by atoms with van der Waals surface area (Å²) in [5.41, 5.74) is 1.68. The molecule has 0 aliphatic rings. The number of nitro benzene ring substituents is 1. The van der Waals surface area contributed by atoms with Crippen LogP contribution in [0.4, 0.5) is 17.1 Å². The molecule has 2 N–H and O–H groups in total. The molecule has 3 rings (SSSR count). The molecule has 3 aromatic rings. The molecule has 0 unspecified atom stereocenters. The summed E-state index contributed by atoms with van der Waals surface area (Å²) < 4.78 is 33.6. The average molecular weight is 455 g/mol. The Bertz CT molecular complexity index is 1300. The molecule has 1 amide bonds. The number of nitrogens with zero attached hydrogens (tertiary/aromatic N) is 1. The number of hydrogen-bond donors (Lipinski definition) is 2. The highest BCUT2D eigenvalue weighted by Gasteiger charge is 2.21. The minimum Gasteiger partial charge on any atom is -0.495 e. The summed E-state index contributed by atoms with van der Waals surface area (Å²) in [5.74, 6) is -0.416. The number of aryl methyl sites for hydroxylation is 2. The fourth-order valence-corrected chi connectivity index (χ4v) is 4.37. The zero-order valence-electron chi connectivity index (χ0n) is 17.6. The van der Waals surface area contributed by atoms with E-state index in [-0.39, 0.29) is 27.6 Å². The van der Waals surface area contributed by atoms with Crippen LogP contribution in [-0.4, -0.2) is 26.4 Å². The lowest BCUT2D eigenvalue weighted by molar-refractivity contribution is -0.384. The van der Waals surface area contributed by atoms with Crippen molar-refractivity contribution in [2.75, 3.05) is 17.1 Å². The van der Waals surface area contributed by atoms with Crippen LogP contribution in [0.15, 0.2) is 65.6 Å². The summed E-state index contributed by atoms with van der Waals surface area (Å²) in [6.45, 7) is 3.46. The predicted octanol–water partition coefficient (Wildman–Crippen LogP) is 4.27. The van der Waals surface area contributed by atoms with Crippen LogP contribution in [0, 0.1) is 24.0 Å². The molecule has 0 radical (unpaired) electrons. The van der Waals surface area contributed by atoms with Crippen molar-refractivity contribution in [1.29, 1.82) is 0 Å². The van der Waals surface area contributed by atoms with E-state index in [9.17, 15) is 23.3 Å². The summed E-state index contributed by atoms with van der Waals surface area (Å²) in [7, 11) is -2.60. The summed E-state index contributed by atoms with van der Waals surface area (Å²) >= 11 is 0. The van der Waals surface area contributed by atoms with Crippen LogP contribution >= 0.6 is 0 Å². The third-order valence-electron chi connectivity index (χ3n) is 4.65. The van der Waals surface area contributed by atoms with E-state index in [4.69, 9.17) is 4.74 Å². The third-order valence-corrected chi connectivity index (χ3v) is 6.18. The van der Waals surface area contributed by atoms with Crippen molar-refractivity contribution in [2.45, 2.75) is 18.7 Å². The fourth-order valence-electron chi connectivity index (χ4n) is 3.05. The first-order chi connectivity index (χ1) is 15.1. The maximum atomic E-state index is 12.9. The molecule has 10 heteroatoms. The van der Waals surface area contributed by atoms with Crippen LogP contribution in [0.1, 0.15) is 21.5 Å². The van der Waals surface area contributed by atoms with Crippen molar-refractivity contribution < 1.29 is 22.9 Å². The monoisotopic (exact) mass is 455 g/mol. The van der Waals surface area contributed by atoms with Gasteiger partial charge in [-0.05, 0) is 55.3 Å². The molecular formula is C22H21N3O6S. The zero-order chi connectivity index (χ0) is 23.5. The molecule has 0 heterocycles. The van der Waals surface area contributed by atoms with Crippen molar-refractivity contribution in [1.82, 2.24) is 0 Å². The number of rotatable bonds is 7. The highest BCUT2D eigenvalue weighted by molar-refractivity contribution is 7.92. The smallest absolute Gasteiger partial charge is 0.271 e. The van der Waals surface area contributed by atoms with Gasteiger partial charge in [-0.2, -0.15) is 0 Å². The Morgan fingerprint density at radius 2 is 1.78 bits per heavy atom. The lowest BCUT2D eigenvalue weighted by atomic mass is 10.1. The molecular weight excluding hydrogens is 434 g/mol. The van der Waals surface area contributed by atoms with Gasteiger partial charge in [0.05, 0.1) is 22.6 Å². The van der Waals surface area contributed by atoms with E-state index in [1.165, 1.54) is 43.5 Å². The molecule has 0 fully saturated rings. The number of nitrogens with one attached hydrogen (secondary N) is 2. The molecule has 9 nitrogen and oxygen atoms in total. The largest absolute Gasteiger partial charge is 0.495 e. The first-order valence-electron chi connectivity index (χ1n) is 9.44. The quantitative estimate of drug-likeness (QED) is 0.404. The number of carbonyl (C=O) groups is 1. The predicted molar refractivity (Wildman–Crippen MR) is 121 cm³/mol.